The van der Waals surface area contributed by atoms with Crippen molar-refractivity contribution in [2.24, 2.45) is 0 Å². The van der Waals surface area contributed by atoms with Crippen LogP contribution in [0.5, 0.6) is 5.75 Å². The molecule has 1 rings (SSSR count). The molecule has 1 aromatic rings. The molecule has 2 amide bonds. The van der Waals surface area contributed by atoms with E-state index in [-0.39, 0.29) is 13.1 Å². The minimum absolute atomic E-state index is 0.0790. The van der Waals surface area contributed by atoms with Gasteiger partial charge in [0.1, 0.15) is 5.75 Å². The second kappa shape index (κ2) is 7.67. The third-order valence-corrected chi connectivity index (χ3v) is 2.75. The van der Waals surface area contributed by atoms with E-state index in [1.165, 1.54) is 0 Å². The molecule has 0 atom stereocenters. The first kappa shape index (κ1) is 17.8. The average Bonchev–Trinajstić information content (AvgIpc) is 2.46. The number of alkyl halides is 3. The van der Waals surface area contributed by atoms with Gasteiger partial charge in [0.25, 0.3) is 5.91 Å². The van der Waals surface area contributed by atoms with Gasteiger partial charge in [0, 0.05) is 25.7 Å². The molecule has 122 valence electrons. The Morgan fingerprint density at radius 3 is 2.32 bits per heavy atom. The summed E-state index contributed by atoms with van der Waals surface area (Å²) in [6.45, 7) is 2.02. The number of carbonyl (C=O) groups excluding carboxylic acids is 2. The van der Waals surface area contributed by atoms with E-state index in [2.05, 4.69) is 5.32 Å². The Bertz CT molecular complexity index is 515. The number of hydrogen-bond acceptors (Lipinski definition) is 3. The molecule has 0 fully saturated rings. The molecule has 22 heavy (non-hydrogen) atoms. The molecule has 0 aromatic heterocycles. The minimum Gasteiger partial charge on any atom is -0.494 e. The Balaban J connectivity index is 2.44. The van der Waals surface area contributed by atoms with Crippen molar-refractivity contribution in [1.82, 2.24) is 10.2 Å². The number of hydrogen-bond donors (Lipinski definition) is 1. The fraction of sp³-hybridized carbons (Fsp3) is 0.429. The number of carbonyl (C=O) groups is 2. The molecule has 5 nitrogen and oxygen atoms in total. The fourth-order valence-corrected chi connectivity index (χ4v) is 1.63. The number of halogens is 3. The van der Waals surface area contributed by atoms with E-state index in [0.29, 0.717) is 22.8 Å². The van der Waals surface area contributed by atoms with E-state index in [4.69, 9.17) is 4.74 Å². The van der Waals surface area contributed by atoms with Crippen LogP contribution in [0.1, 0.15) is 17.3 Å². The van der Waals surface area contributed by atoms with E-state index in [0.717, 1.165) is 7.05 Å². The predicted octanol–water partition coefficient (Wildman–Crippen LogP) is 1.84. The standard InChI is InChI=1S/C14H17F3N2O3/c1-3-22-11-6-4-10(5-7-11)12(20)18-8-9-19(2)13(21)14(15,16)17/h4-7H,3,8-9H2,1-2H3,(H,18,20). The fourth-order valence-electron chi connectivity index (χ4n) is 1.63. The Morgan fingerprint density at radius 1 is 1.23 bits per heavy atom. The van der Waals surface area contributed by atoms with Crippen molar-refractivity contribution in [3.63, 3.8) is 0 Å². The molecule has 0 saturated heterocycles. The van der Waals surface area contributed by atoms with Crippen LogP contribution in [0.3, 0.4) is 0 Å². The van der Waals surface area contributed by atoms with Crippen LogP contribution in [0, 0.1) is 0 Å². The Morgan fingerprint density at radius 2 is 1.82 bits per heavy atom. The topological polar surface area (TPSA) is 58.6 Å². The highest BCUT2D eigenvalue weighted by atomic mass is 19.4. The van der Waals surface area contributed by atoms with Gasteiger partial charge in [0.2, 0.25) is 0 Å². The van der Waals surface area contributed by atoms with E-state index >= 15 is 0 Å². The first-order chi connectivity index (χ1) is 10.3. The molecule has 0 aliphatic rings. The van der Waals surface area contributed by atoms with Crippen LogP contribution >= 0.6 is 0 Å². The lowest BCUT2D eigenvalue weighted by molar-refractivity contribution is -0.183. The van der Waals surface area contributed by atoms with Crippen molar-refractivity contribution >= 4 is 11.8 Å². The second-order valence-corrected chi connectivity index (χ2v) is 4.44. The van der Waals surface area contributed by atoms with Gasteiger partial charge in [0.05, 0.1) is 6.61 Å². The van der Waals surface area contributed by atoms with Crippen molar-refractivity contribution in [2.45, 2.75) is 13.1 Å². The molecule has 0 saturated carbocycles. The molecule has 0 aliphatic heterocycles. The van der Waals surface area contributed by atoms with Gasteiger partial charge in [-0.2, -0.15) is 13.2 Å². The lowest BCUT2D eigenvalue weighted by Gasteiger charge is -2.18. The summed E-state index contributed by atoms with van der Waals surface area (Å²) in [7, 11) is 1.03. The second-order valence-electron chi connectivity index (χ2n) is 4.44. The lowest BCUT2D eigenvalue weighted by Crippen LogP contribution is -2.42. The molecule has 8 heteroatoms. The number of likely N-dealkylation sites (N-methyl/N-ethyl adjacent to an activating group) is 1. The van der Waals surface area contributed by atoms with Gasteiger partial charge in [-0.15, -0.1) is 0 Å². The Kier molecular flexibility index (Phi) is 6.21. The van der Waals surface area contributed by atoms with Crippen molar-refractivity contribution in [2.75, 3.05) is 26.7 Å². The number of nitrogens with one attached hydrogen (secondary N) is 1. The molecule has 0 aliphatic carbocycles. The number of nitrogens with zero attached hydrogens (tertiary/aromatic N) is 1. The molecule has 1 N–H and O–H groups in total. The minimum atomic E-state index is -4.91. The van der Waals surface area contributed by atoms with Crippen LogP contribution < -0.4 is 10.1 Å². The molecular weight excluding hydrogens is 301 g/mol. The van der Waals surface area contributed by atoms with E-state index in [1.54, 1.807) is 24.3 Å². The van der Waals surface area contributed by atoms with Gasteiger partial charge in [-0.3, -0.25) is 9.59 Å². The van der Waals surface area contributed by atoms with E-state index < -0.39 is 18.0 Å². The summed E-state index contributed by atoms with van der Waals surface area (Å²) in [5.41, 5.74) is 0.355. The smallest absolute Gasteiger partial charge is 0.471 e. The Hall–Kier alpha value is -2.25. The van der Waals surface area contributed by atoms with Gasteiger partial charge >= 0.3 is 12.1 Å². The zero-order chi connectivity index (χ0) is 16.8. The van der Waals surface area contributed by atoms with Crippen LogP contribution in [-0.2, 0) is 4.79 Å². The summed E-state index contributed by atoms with van der Waals surface area (Å²) in [4.78, 5) is 23.2. The highest BCUT2D eigenvalue weighted by molar-refractivity contribution is 5.94. The van der Waals surface area contributed by atoms with Gasteiger partial charge in [-0.25, -0.2) is 0 Å². The number of rotatable bonds is 6. The van der Waals surface area contributed by atoms with Gasteiger partial charge < -0.3 is 15.0 Å². The number of benzene rings is 1. The summed E-state index contributed by atoms with van der Waals surface area (Å²) in [6, 6.07) is 6.34. The summed E-state index contributed by atoms with van der Waals surface area (Å²) in [5, 5.41) is 2.45. The maximum atomic E-state index is 12.2. The monoisotopic (exact) mass is 318 g/mol. The molecule has 0 heterocycles. The quantitative estimate of drug-likeness (QED) is 0.871. The Labute approximate surface area is 126 Å². The molecule has 0 bridgehead atoms. The maximum absolute atomic E-state index is 12.2. The number of ether oxygens (including phenoxy) is 1. The van der Waals surface area contributed by atoms with Gasteiger partial charge in [-0.05, 0) is 31.2 Å². The summed E-state index contributed by atoms with van der Waals surface area (Å²) < 4.78 is 41.7. The third kappa shape index (κ3) is 5.27. The molecule has 0 radical (unpaired) electrons. The first-order valence-electron chi connectivity index (χ1n) is 6.59. The van der Waals surface area contributed by atoms with Crippen LogP contribution in [0.25, 0.3) is 0 Å². The zero-order valence-electron chi connectivity index (χ0n) is 12.2. The first-order valence-corrected chi connectivity index (χ1v) is 6.59. The predicted molar refractivity (Wildman–Crippen MR) is 73.6 cm³/mol. The van der Waals surface area contributed by atoms with Gasteiger partial charge in [0.15, 0.2) is 0 Å². The third-order valence-electron chi connectivity index (χ3n) is 2.75. The highest BCUT2D eigenvalue weighted by Gasteiger charge is 2.40. The summed E-state index contributed by atoms with van der Waals surface area (Å²) in [5.74, 6) is -1.76. The van der Waals surface area contributed by atoms with E-state index in [1.807, 2.05) is 6.92 Å². The lowest BCUT2D eigenvalue weighted by atomic mass is 10.2. The molecular formula is C14H17F3N2O3. The van der Waals surface area contributed by atoms with Gasteiger partial charge in [-0.1, -0.05) is 0 Å². The molecule has 0 unspecified atom stereocenters. The van der Waals surface area contributed by atoms with Crippen LogP contribution in [0.2, 0.25) is 0 Å². The van der Waals surface area contributed by atoms with E-state index in [9.17, 15) is 22.8 Å². The van der Waals surface area contributed by atoms with Crippen molar-refractivity contribution in [3.8, 4) is 5.75 Å². The van der Waals surface area contributed by atoms with Crippen LogP contribution in [-0.4, -0.2) is 49.6 Å². The van der Waals surface area contributed by atoms with Crippen LogP contribution in [0.15, 0.2) is 24.3 Å². The maximum Gasteiger partial charge on any atom is 0.471 e. The van der Waals surface area contributed by atoms with Crippen molar-refractivity contribution in [3.05, 3.63) is 29.8 Å². The van der Waals surface area contributed by atoms with Crippen LogP contribution in [0.4, 0.5) is 13.2 Å². The largest absolute Gasteiger partial charge is 0.494 e. The number of amides is 2. The molecule has 0 spiro atoms. The van der Waals surface area contributed by atoms with Crippen molar-refractivity contribution < 1.29 is 27.5 Å². The summed E-state index contributed by atoms with van der Waals surface area (Å²) >= 11 is 0. The normalized spacial score (nSPS) is 11.0. The highest BCUT2D eigenvalue weighted by Crippen LogP contribution is 2.17. The SMILES string of the molecule is CCOc1ccc(C(=O)NCCN(C)C(=O)C(F)(F)F)cc1. The zero-order valence-corrected chi connectivity index (χ0v) is 12.2. The average molecular weight is 318 g/mol. The molecule has 1 aromatic carbocycles. The van der Waals surface area contributed by atoms with Crippen molar-refractivity contribution in [1.29, 1.82) is 0 Å². The summed E-state index contributed by atoms with van der Waals surface area (Å²) in [6.07, 6.45) is -4.91.